The minimum atomic E-state index is 0.371. The normalized spacial score (nSPS) is 23.6. The molecule has 1 aliphatic heterocycles. The summed E-state index contributed by atoms with van der Waals surface area (Å²) in [6.45, 7) is 16.9. The highest BCUT2D eigenvalue weighted by molar-refractivity contribution is 5.00. The van der Waals surface area contributed by atoms with Crippen LogP contribution in [0.25, 0.3) is 0 Å². The fourth-order valence-corrected chi connectivity index (χ4v) is 3.65. The quantitative estimate of drug-likeness (QED) is 0.650. The van der Waals surface area contributed by atoms with E-state index < -0.39 is 0 Å². The second-order valence-electron chi connectivity index (χ2n) is 7.57. The molecular formula is C15H31N. The maximum atomic E-state index is 3.69. The molecule has 1 aliphatic rings. The van der Waals surface area contributed by atoms with Gasteiger partial charge >= 0.3 is 0 Å². The van der Waals surface area contributed by atoms with Crippen LogP contribution in [0.2, 0.25) is 0 Å². The van der Waals surface area contributed by atoms with Crippen LogP contribution in [-0.4, -0.2) is 13.1 Å². The summed E-state index contributed by atoms with van der Waals surface area (Å²) >= 11 is 0. The SMILES string of the molecule is CC(C)(C)C1(C(C)(C)C)CCCCCNC1. The largest absolute Gasteiger partial charge is 0.316 e. The number of rotatable bonds is 0. The van der Waals surface area contributed by atoms with Gasteiger partial charge in [-0.05, 0) is 35.6 Å². The Labute approximate surface area is 102 Å². The van der Waals surface area contributed by atoms with E-state index in [9.17, 15) is 0 Å². The molecule has 0 aromatic heterocycles. The van der Waals surface area contributed by atoms with E-state index in [1.807, 2.05) is 0 Å². The van der Waals surface area contributed by atoms with Crippen molar-refractivity contribution in [2.75, 3.05) is 13.1 Å². The van der Waals surface area contributed by atoms with E-state index in [1.54, 1.807) is 0 Å². The maximum absolute atomic E-state index is 3.69. The molecule has 0 bridgehead atoms. The van der Waals surface area contributed by atoms with Gasteiger partial charge in [0, 0.05) is 6.54 Å². The zero-order chi connectivity index (χ0) is 12.4. The summed E-state index contributed by atoms with van der Waals surface area (Å²) in [6, 6.07) is 0. The summed E-state index contributed by atoms with van der Waals surface area (Å²) in [4.78, 5) is 0. The molecule has 1 saturated heterocycles. The Morgan fingerprint density at radius 1 is 0.812 bits per heavy atom. The van der Waals surface area contributed by atoms with E-state index in [4.69, 9.17) is 0 Å². The van der Waals surface area contributed by atoms with E-state index in [2.05, 4.69) is 46.9 Å². The van der Waals surface area contributed by atoms with Crippen molar-refractivity contribution in [3.8, 4) is 0 Å². The van der Waals surface area contributed by atoms with Crippen LogP contribution in [-0.2, 0) is 0 Å². The van der Waals surface area contributed by atoms with Crippen LogP contribution >= 0.6 is 0 Å². The lowest BCUT2D eigenvalue weighted by atomic mass is 9.52. The highest BCUT2D eigenvalue weighted by Crippen LogP contribution is 2.54. The van der Waals surface area contributed by atoms with Gasteiger partial charge in [-0.1, -0.05) is 54.4 Å². The fraction of sp³-hybridized carbons (Fsp3) is 1.00. The minimum Gasteiger partial charge on any atom is -0.316 e. The van der Waals surface area contributed by atoms with Crippen LogP contribution in [0.1, 0.15) is 67.2 Å². The molecule has 1 fully saturated rings. The molecule has 1 nitrogen and oxygen atoms in total. The minimum absolute atomic E-state index is 0.371. The van der Waals surface area contributed by atoms with Gasteiger partial charge in [-0.25, -0.2) is 0 Å². The van der Waals surface area contributed by atoms with Gasteiger partial charge in [-0.2, -0.15) is 0 Å². The van der Waals surface area contributed by atoms with Gasteiger partial charge in [-0.3, -0.25) is 0 Å². The maximum Gasteiger partial charge on any atom is 0.00178 e. The van der Waals surface area contributed by atoms with Crippen LogP contribution in [0.4, 0.5) is 0 Å². The van der Waals surface area contributed by atoms with E-state index in [0.29, 0.717) is 16.2 Å². The average molecular weight is 225 g/mol. The van der Waals surface area contributed by atoms with Gasteiger partial charge in [-0.15, -0.1) is 0 Å². The van der Waals surface area contributed by atoms with Crippen molar-refractivity contribution in [3.05, 3.63) is 0 Å². The lowest BCUT2D eigenvalue weighted by Gasteiger charge is -2.55. The highest BCUT2D eigenvalue weighted by atomic mass is 14.9. The third kappa shape index (κ3) is 2.61. The standard InChI is InChI=1S/C15H31N/c1-13(2,3)15(14(4,5)6)10-8-7-9-11-16-12-15/h16H,7-12H2,1-6H3. The van der Waals surface area contributed by atoms with Crippen molar-refractivity contribution < 1.29 is 0 Å². The first-order chi connectivity index (χ1) is 7.21. The van der Waals surface area contributed by atoms with E-state index in [1.165, 1.54) is 38.8 Å². The second-order valence-corrected chi connectivity index (χ2v) is 7.57. The summed E-state index contributed by atoms with van der Waals surface area (Å²) in [5, 5.41) is 3.69. The molecule has 0 aromatic rings. The molecule has 0 aromatic carbocycles. The Hall–Kier alpha value is -0.0400. The highest BCUT2D eigenvalue weighted by Gasteiger charge is 2.49. The van der Waals surface area contributed by atoms with E-state index in [-0.39, 0.29) is 0 Å². The molecule has 0 amide bonds. The lowest BCUT2D eigenvalue weighted by Crippen LogP contribution is -2.53. The smallest absolute Gasteiger partial charge is 0.00178 e. The van der Waals surface area contributed by atoms with Crippen LogP contribution in [0, 0.1) is 16.2 Å². The number of hydrogen-bond donors (Lipinski definition) is 1. The van der Waals surface area contributed by atoms with Crippen molar-refractivity contribution in [1.29, 1.82) is 0 Å². The van der Waals surface area contributed by atoms with Gasteiger partial charge in [0.1, 0.15) is 0 Å². The number of hydrogen-bond acceptors (Lipinski definition) is 1. The fourth-order valence-electron chi connectivity index (χ4n) is 3.65. The first-order valence-corrected chi connectivity index (χ1v) is 6.91. The van der Waals surface area contributed by atoms with E-state index >= 15 is 0 Å². The third-order valence-electron chi connectivity index (χ3n) is 4.76. The monoisotopic (exact) mass is 225 g/mol. The Bertz CT molecular complexity index is 193. The predicted octanol–water partition coefficient (Wildman–Crippen LogP) is 4.23. The van der Waals surface area contributed by atoms with Gasteiger partial charge in [0.25, 0.3) is 0 Å². The summed E-state index contributed by atoms with van der Waals surface area (Å²) < 4.78 is 0. The molecule has 0 radical (unpaired) electrons. The molecule has 16 heavy (non-hydrogen) atoms. The first kappa shape index (κ1) is 14.0. The van der Waals surface area contributed by atoms with Gasteiger partial charge in [0.15, 0.2) is 0 Å². The summed E-state index contributed by atoms with van der Waals surface area (Å²) in [6.07, 6.45) is 5.51. The van der Waals surface area contributed by atoms with Crippen molar-refractivity contribution in [1.82, 2.24) is 5.32 Å². The molecule has 1 rings (SSSR count). The Balaban J connectivity index is 3.01. The third-order valence-corrected chi connectivity index (χ3v) is 4.76. The predicted molar refractivity (Wildman–Crippen MR) is 72.7 cm³/mol. The molecule has 1 heteroatoms. The van der Waals surface area contributed by atoms with Crippen molar-refractivity contribution in [2.45, 2.75) is 67.2 Å². The Morgan fingerprint density at radius 3 is 1.88 bits per heavy atom. The molecule has 1 heterocycles. The lowest BCUT2D eigenvalue weighted by molar-refractivity contribution is -0.0434. The van der Waals surface area contributed by atoms with Crippen molar-refractivity contribution in [2.24, 2.45) is 16.2 Å². The molecule has 0 aliphatic carbocycles. The summed E-state index contributed by atoms with van der Waals surface area (Å²) in [5.41, 5.74) is 1.16. The van der Waals surface area contributed by atoms with Crippen LogP contribution < -0.4 is 5.32 Å². The molecule has 0 unspecified atom stereocenters. The van der Waals surface area contributed by atoms with Crippen LogP contribution in [0.15, 0.2) is 0 Å². The Morgan fingerprint density at radius 2 is 1.38 bits per heavy atom. The van der Waals surface area contributed by atoms with Crippen molar-refractivity contribution >= 4 is 0 Å². The van der Waals surface area contributed by atoms with Gasteiger partial charge in [0.05, 0.1) is 0 Å². The molecule has 96 valence electrons. The zero-order valence-corrected chi connectivity index (χ0v) is 12.2. The zero-order valence-electron chi connectivity index (χ0n) is 12.2. The molecule has 1 N–H and O–H groups in total. The molecule has 0 saturated carbocycles. The van der Waals surface area contributed by atoms with Crippen LogP contribution in [0.5, 0.6) is 0 Å². The first-order valence-electron chi connectivity index (χ1n) is 6.91. The molecule has 0 atom stereocenters. The average Bonchev–Trinajstić information content (AvgIpc) is 1.97. The number of nitrogens with one attached hydrogen (secondary N) is 1. The molecule has 0 spiro atoms. The molecular weight excluding hydrogens is 194 g/mol. The van der Waals surface area contributed by atoms with Crippen molar-refractivity contribution in [3.63, 3.8) is 0 Å². The topological polar surface area (TPSA) is 12.0 Å². The summed E-state index contributed by atoms with van der Waals surface area (Å²) in [5.74, 6) is 0. The van der Waals surface area contributed by atoms with Gasteiger partial charge in [0.2, 0.25) is 0 Å². The second kappa shape index (κ2) is 4.68. The van der Waals surface area contributed by atoms with Crippen LogP contribution in [0.3, 0.4) is 0 Å². The Kier molecular flexibility index (Phi) is 4.10. The van der Waals surface area contributed by atoms with E-state index in [0.717, 1.165) is 0 Å². The summed E-state index contributed by atoms with van der Waals surface area (Å²) in [7, 11) is 0. The van der Waals surface area contributed by atoms with Gasteiger partial charge < -0.3 is 5.32 Å².